The Bertz CT molecular complexity index is 1350. The van der Waals surface area contributed by atoms with Gasteiger partial charge in [0.1, 0.15) is 0 Å². The van der Waals surface area contributed by atoms with E-state index in [-0.39, 0.29) is 28.6 Å². The fourth-order valence-electron chi connectivity index (χ4n) is 4.41. The van der Waals surface area contributed by atoms with Crippen LogP contribution in [-0.4, -0.2) is 44.8 Å². The highest BCUT2D eigenvalue weighted by Crippen LogP contribution is 2.41. The molecule has 2 N–H and O–H groups in total. The molecule has 0 aliphatic carbocycles. The molecule has 0 saturated carbocycles. The summed E-state index contributed by atoms with van der Waals surface area (Å²) in [6, 6.07) is 4.27. The topological polar surface area (TPSA) is 62.4 Å². The molecule has 1 unspecified atom stereocenters. The second-order valence-corrected chi connectivity index (χ2v) is 8.47. The molecule has 1 aliphatic heterocycles. The van der Waals surface area contributed by atoms with Gasteiger partial charge in [0.15, 0.2) is 17.3 Å². The molecule has 174 valence electrons. The van der Waals surface area contributed by atoms with Crippen LogP contribution >= 0.6 is 0 Å². The van der Waals surface area contributed by atoms with Gasteiger partial charge in [0.05, 0.1) is 27.8 Å². The molecule has 5 rings (SSSR count). The summed E-state index contributed by atoms with van der Waals surface area (Å²) >= 11 is 0. The summed E-state index contributed by atoms with van der Waals surface area (Å²) in [6.07, 6.45) is -1.38. The average molecular weight is 461 g/mol. The zero-order chi connectivity index (χ0) is 23.5. The zero-order valence-corrected chi connectivity index (χ0v) is 18.3. The number of benzene rings is 1. The summed E-state index contributed by atoms with van der Waals surface area (Å²) < 4.78 is 59.9. The van der Waals surface area contributed by atoms with E-state index in [1.165, 1.54) is 21.2 Å². The molecule has 33 heavy (non-hydrogen) atoms. The van der Waals surface area contributed by atoms with Crippen LogP contribution in [0.2, 0.25) is 0 Å². The molecule has 1 saturated heterocycles. The minimum atomic E-state index is -4.59. The van der Waals surface area contributed by atoms with Crippen LogP contribution in [0.3, 0.4) is 0 Å². The third kappa shape index (κ3) is 3.86. The predicted octanol–water partition coefficient (Wildman–Crippen LogP) is 4.23. The van der Waals surface area contributed by atoms with E-state index in [1.54, 1.807) is 32.4 Å². The van der Waals surface area contributed by atoms with Gasteiger partial charge in [0.25, 0.3) is 0 Å². The van der Waals surface area contributed by atoms with Crippen molar-refractivity contribution in [3.05, 3.63) is 47.7 Å². The van der Waals surface area contributed by atoms with Crippen molar-refractivity contribution in [1.29, 1.82) is 0 Å². The fourth-order valence-corrected chi connectivity index (χ4v) is 4.41. The Morgan fingerprint density at radius 3 is 2.70 bits per heavy atom. The number of halogens is 4. The third-order valence-electron chi connectivity index (χ3n) is 5.87. The summed E-state index contributed by atoms with van der Waals surface area (Å²) in [6.45, 7) is 5.65. The van der Waals surface area contributed by atoms with E-state index in [4.69, 9.17) is 0 Å². The van der Waals surface area contributed by atoms with Crippen LogP contribution in [0.1, 0.15) is 18.2 Å². The number of fused-ring (bicyclic) bond motifs is 2. The van der Waals surface area contributed by atoms with Crippen molar-refractivity contribution < 1.29 is 17.6 Å². The van der Waals surface area contributed by atoms with E-state index < -0.39 is 17.6 Å². The minimum Gasteiger partial charge on any atom is -0.369 e. The van der Waals surface area contributed by atoms with Gasteiger partial charge in [-0.1, -0.05) is 0 Å². The summed E-state index contributed by atoms with van der Waals surface area (Å²) in [5, 5.41) is 10.4. The van der Waals surface area contributed by atoms with Gasteiger partial charge >= 0.3 is 6.18 Å². The maximum atomic E-state index is 14.5. The van der Waals surface area contributed by atoms with E-state index in [1.807, 2.05) is 11.8 Å². The monoisotopic (exact) mass is 461 g/mol. The molecule has 11 heteroatoms. The first-order valence-corrected chi connectivity index (χ1v) is 10.6. The third-order valence-corrected chi connectivity index (χ3v) is 5.87. The van der Waals surface area contributed by atoms with E-state index in [9.17, 15) is 17.6 Å². The van der Waals surface area contributed by atoms with Gasteiger partial charge in [-0.05, 0) is 26.0 Å². The largest absolute Gasteiger partial charge is 0.417 e. The number of anilines is 3. The summed E-state index contributed by atoms with van der Waals surface area (Å²) in [7, 11) is 1.60. The van der Waals surface area contributed by atoms with Crippen molar-refractivity contribution in [2.75, 3.05) is 29.9 Å². The van der Waals surface area contributed by atoms with Gasteiger partial charge in [-0.3, -0.25) is 4.68 Å². The number of hydrogen-bond acceptors (Lipinski definition) is 5. The standard InChI is InChI=1S/C22H23F4N7/c1-12-9-32(5-4-27-12)15-7-16(22(24,25)26)19-18(8-15)31(3)30-20(19)29-14-6-17(23)21-28-13(2)10-33(21)11-14/h6-8,10-12,27H,4-5,9H2,1-3H3,(H,29,30). The molecule has 4 heterocycles. The van der Waals surface area contributed by atoms with Crippen molar-refractivity contribution in [2.45, 2.75) is 26.1 Å². The Morgan fingerprint density at radius 2 is 1.97 bits per heavy atom. The lowest BCUT2D eigenvalue weighted by Crippen LogP contribution is -2.49. The zero-order valence-electron chi connectivity index (χ0n) is 18.3. The van der Waals surface area contributed by atoms with Crippen molar-refractivity contribution in [1.82, 2.24) is 24.5 Å². The van der Waals surface area contributed by atoms with Crippen LogP contribution in [0.5, 0.6) is 0 Å². The summed E-state index contributed by atoms with van der Waals surface area (Å²) in [5.74, 6) is -0.574. The average Bonchev–Trinajstić information content (AvgIpc) is 3.26. The number of rotatable bonds is 3. The molecular weight excluding hydrogens is 438 g/mol. The number of hydrogen-bond donors (Lipinski definition) is 2. The Labute approximate surface area is 187 Å². The molecule has 1 atom stereocenters. The maximum absolute atomic E-state index is 14.5. The minimum absolute atomic E-state index is 0.00985. The second-order valence-electron chi connectivity index (χ2n) is 8.47. The number of nitrogens with one attached hydrogen (secondary N) is 2. The lowest BCUT2D eigenvalue weighted by Gasteiger charge is -2.34. The van der Waals surface area contributed by atoms with Crippen LogP contribution < -0.4 is 15.5 Å². The van der Waals surface area contributed by atoms with E-state index in [2.05, 4.69) is 20.7 Å². The first-order chi connectivity index (χ1) is 15.6. The van der Waals surface area contributed by atoms with Crippen molar-refractivity contribution in [2.24, 2.45) is 7.05 Å². The van der Waals surface area contributed by atoms with E-state index in [0.29, 0.717) is 36.5 Å². The van der Waals surface area contributed by atoms with Gasteiger partial charge in [0, 0.05) is 56.9 Å². The number of nitrogens with zero attached hydrogens (tertiary/aromatic N) is 5. The smallest absolute Gasteiger partial charge is 0.369 e. The highest BCUT2D eigenvalue weighted by Gasteiger charge is 2.36. The molecule has 4 aromatic rings. The molecule has 1 fully saturated rings. The lowest BCUT2D eigenvalue weighted by atomic mass is 10.1. The molecular formula is C22H23F4N7. The van der Waals surface area contributed by atoms with E-state index >= 15 is 0 Å². The van der Waals surface area contributed by atoms with E-state index in [0.717, 1.165) is 0 Å². The SMILES string of the molecule is Cc1cn2cc(Nc3nn(C)c4cc(N5CCNC(C)C5)cc(C(F)(F)F)c34)cc(F)c2n1. The Morgan fingerprint density at radius 1 is 1.18 bits per heavy atom. The summed E-state index contributed by atoms with van der Waals surface area (Å²) in [4.78, 5) is 6.05. The molecule has 1 aromatic carbocycles. The van der Waals surface area contributed by atoms with Crippen LogP contribution in [0.25, 0.3) is 16.6 Å². The van der Waals surface area contributed by atoms with Crippen molar-refractivity contribution in [3.63, 3.8) is 0 Å². The van der Waals surface area contributed by atoms with Crippen LogP contribution in [0, 0.1) is 12.7 Å². The Kier molecular flexibility index (Phi) is 4.96. The fraction of sp³-hybridized carbons (Fsp3) is 0.364. The molecule has 0 spiro atoms. The highest BCUT2D eigenvalue weighted by molar-refractivity contribution is 5.97. The van der Waals surface area contributed by atoms with Crippen molar-refractivity contribution in [3.8, 4) is 0 Å². The number of aryl methyl sites for hydroxylation is 2. The van der Waals surface area contributed by atoms with Crippen LogP contribution in [-0.2, 0) is 13.2 Å². The second kappa shape index (κ2) is 7.62. The number of piperazine rings is 1. The lowest BCUT2D eigenvalue weighted by molar-refractivity contribution is -0.136. The van der Waals surface area contributed by atoms with Gasteiger partial charge in [-0.15, -0.1) is 0 Å². The molecule has 0 amide bonds. The predicted molar refractivity (Wildman–Crippen MR) is 119 cm³/mol. The highest BCUT2D eigenvalue weighted by atomic mass is 19.4. The first-order valence-electron chi connectivity index (χ1n) is 10.6. The Balaban J connectivity index is 1.63. The van der Waals surface area contributed by atoms with Gasteiger partial charge in [-0.25, -0.2) is 9.37 Å². The van der Waals surface area contributed by atoms with Gasteiger partial charge in [0.2, 0.25) is 0 Å². The van der Waals surface area contributed by atoms with Gasteiger partial charge in [-0.2, -0.15) is 18.3 Å². The van der Waals surface area contributed by atoms with Crippen LogP contribution in [0.15, 0.2) is 30.6 Å². The molecule has 1 aliphatic rings. The Hall–Kier alpha value is -3.34. The maximum Gasteiger partial charge on any atom is 0.417 e. The molecule has 0 bridgehead atoms. The molecule has 0 radical (unpaired) electrons. The normalized spacial score (nSPS) is 17.3. The quantitative estimate of drug-likeness (QED) is 0.447. The number of aromatic nitrogens is 4. The van der Waals surface area contributed by atoms with Crippen LogP contribution in [0.4, 0.5) is 34.8 Å². The summed E-state index contributed by atoms with van der Waals surface area (Å²) in [5.41, 5.74) is 1.10. The van der Waals surface area contributed by atoms with Gasteiger partial charge < -0.3 is 19.9 Å². The molecule has 7 nitrogen and oxygen atoms in total. The first kappa shape index (κ1) is 21.5. The molecule has 3 aromatic heterocycles. The van der Waals surface area contributed by atoms with Crippen molar-refractivity contribution >= 4 is 33.7 Å². The number of imidazole rings is 1. The number of alkyl halides is 3. The number of pyridine rings is 1.